The maximum Gasteiger partial charge on any atom is 0.339 e. The zero-order chi connectivity index (χ0) is 14.7. The highest BCUT2D eigenvalue weighted by molar-refractivity contribution is 5.95. The third-order valence-electron chi connectivity index (χ3n) is 3.09. The Hall–Kier alpha value is -2.43. The van der Waals surface area contributed by atoms with Crippen molar-refractivity contribution in [1.82, 2.24) is 9.97 Å². The summed E-state index contributed by atoms with van der Waals surface area (Å²) in [5.41, 5.74) is 2.19. The molecule has 0 saturated carbocycles. The lowest BCUT2D eigenvalue weighted by Gasteiger charge is -2.13. The van der Waals surface area contributed by atoms with Crippen molar-refractivity contribution in [3.8, 4) is 17.0 Å². The number of aromatic nitrogens is 2. The van der Waals surface area contributed by atoms with Crippen LogP contribution in [0.15, 0.2) is 30.7 Å². The Bertz CT molecular complexity index is 639. The average molecular weight is 272 g/mol. The van der Waals surface area contributed by atoms with E-state index in [1.165, 1.54) is 12.5 Å². The van der Waals surface area contributed by atoms with Gasteiger partial charge < -0.3 is 9.84 Å². The molecule has 0 unspecified atom stereocenters. The van der Waals surface area contributed by atoms with Crippen LogP contribution in [0.5, 0.6) is 5.75 Å². The lowest BCUT2D eigenvalue weighted by atomic mass is 9.97. The van der Waals surface area contributed by atoms with E-state index in [-0.39, 0.29) is 5.56 Å². The number of hydrogen-bond donors (Lipinski definition) is 1. The number of rotatable bonds is 4. The van der Waals surface area contributed by atoms with Crippen LogP contribution in [0.1, 0.15) is 35.7 Å². The van der Waals surface area contributed by atoms with Gasteiger partial charge in [0.2, 0.25) is 0 Å². The first-order valence-electron chi connectivity index (χ1n) is 6.26. The number of carbonyl (C=O) groups is 1. The van der Waals surface area contributed by atoms with Crippen molar-refractivity contribution in [2.24, 2.45) is 0 Å². The Morgan fingerprint density at radius 1 is 1.35 bits per heavy atom. The highest BCUT2D eigenvalue weighted by atomic mass is 16.5. The number of aromatic carboxylic acids is 1. The molecule has 0 spiro atoms. The lowest BCUT2D eigenvalue weighted by Crippen LogP contribution is -2.04. The van der Waals surface area contributed by atoms with Crippen LogP contribution >= 0.6 is 0 Å². The van der Waals surface area contributed by atoms with Crippen LogP contribution in [-0.2, 0) is 0 Å². The largest absolute Gasteiger partial charge is 0.496 e. The van der Waals surface area contributed by atoms with Crippen LogP contribution in [-0.4, -0.2) is 28.2 Å². The minimum atomic E-state index is -1.06. The molecule has 5 heteroatoms. The summed E-state index contributed by atoms with van der Waals surface area (Å²) in [7, 11) is 1.55. The smallest absolute Gasteiger partial charge is 0.339 e. The van der Waals surface area contributed by atoms with Crippen molar-refractivity contribution in [2.75, 3.05) is 7.11 Å². The number of nitrogens with zero attached hydrogens (tertiary/aromatic N) is 2. The van der Waals surface area contributed by atoms with Gasteiger partial charge in [-0.1, -0.05) is 19.9 Å². The lowest BCUT2D eigenvalue weighted by molar-refractivity contribution is 0.0697. The molecule has 0 radical (unpaired) electrons. The molecule has 0 amide bonds. The fourth-order valence-electron chi connectivity index (χ4n) is 1.97. The fraction of sp³-hybridized carbons (Fsp3) is 0.267. The monoisotopic (exact) mass is 272 g/mol. The maximum absolute atomic E-state index is 11.3. The molecule has 2 aromatic rings. The molecule has 104 valence electrons. The van der Waals surface area contributed by atoms with Crippen LogP contribution in [0.3, 0.4) is 0 Å². The molecule has 5 nitrogen and oxygen atoms in total. The third kappa shape index (κ3) is 2.61. The summed E-state index contributed by atoms with van der Waals surface area (Å²) in [5.74, 6) is -0.136. The van der Waals surface area contributed by atoms with E-state index < -0.39 is 5.97 Å². The highest BCUT2D eigenvalue weighted by Crippen LogP contribution is 2.33. The van der Waals surface area contributed by atoms with Crippen molar-refractivity contribution < 1.29 is 14.6 Å². The van der Waals surface area contributed by atoms with Crippen LogP contribution in [0, 0.1) is 0 Å². The second-order valence-electron chi connectivity index (χ2n) is 4.70. The van der Waals surface area contributed by atoms with Gasteiger partial charge in [0.25, 0.3) is 0 Å². The number of benzene rings is 1. The zero-order valence-electron chi connectivity index (χ0n) is 11.6. The van der Waals surface area contributed by atoms with Gasteiger partial charge >= 0.3 is 5.97 Å². The molecule has 0 aliphatic carbocycles. The fourth-order valence-corrected chi connectivity index (χ4v) is 1.97. The molecule has 1 N–H and O–H groups in total. The predicted octanol–water partition coefficient (Wildman–Crippen LogP) is 2.97. The van der Waals surface area contributed by atoms with E-state index in [4.69, 9.17) is 4.74 Å². The summed E-state index contributed by atoms with van der Waals surface area (Å²) in [6, 6.07) is 5.71. The van der Waals surface area contributed by atoms with Crippen molar-refractivity contribution >= 4 is 5.97 Å². The van der Waals surface area contributed by atoms with Gasteiger partial charge in [0, 0.05) is 11.8 Å². The van der Waals surface area contributed by atoms with Crippen LogP contribution < -0.4 is 4.74 Å². The van der Waals surface area contributed by atoms with Gasteiger partial charge in [0.1, 0.15) is 17.6 Å². The Labute approximate surface area is 117 Å². The Balaban J connectivity index is 2.67. The molecule has 20 heavy (non-hydrogen) atoms. The molecule has 2 rings (SSSR count). The van der Waals surface area contributed by atoms with Crippen molar-refractivity contribution in [3.63, 3.8) is 0 Å². The molecule has 0 saturated heterocycles. The van der Waals surface area contributed by atoms with E-state index in [0.717, 1.165) is 5.56 Å². The van der Waals surface area contributed by atoms with Crippen LogP contribution in [0.25, 0.3) is 11.3 Å². The van der Waals surface area contributed by atoms with Gasteiger partial charge in [-0.25, -0.2) is 14.8 Å². The molecule has 0 aliphatic rings. The number of ether oxygens (including phenoxy) is 1. The SMILES string of the molecule is COc1ccc(C(C)C)cc1-c1ncncc1C(=O)O. The minimum Gasteiger partial charge on any atom is -0.496 e. The topological polar surface area (TPSA) is 72.3 Å². The number of carboxylic acids is 1. The summed E-state index contributed by atoms with van der Waals surface area (Å²) < 4.78 is 5.32. The molecular weight excluding hydrogens is 256 g/mol. The number of hydrogen-bond acceptors (Lipinski definition) is 4. The van der Waals surface area contributed by atoms with Gasteiger partial charge in [-0.05, 0) is 23.6 Å². The normalized spacial score (nSPS) is 10.6. The molecule has 1 heterocycles. The van der Waals surface area contributed by atoms with E-state index in [1.807, 2.05) is 18.2 Å². The summed E-state index contributed by atoms with van der Waals surface area (Å²) in [4.78, 5) is 19.2. The zero-order valence-corrected chi connectivity index (χ0v) is 11.6. The minimum absolute atomic E-state index is 0.0618. The second-order valence-corrected chi connectivity index (χ2v) is 4.70. The molecule has 1 aromatic heterocycles. The summed E-state index contributed by atoms with van der Waals surface area (Å²) in [5, 5.41) is 9.25. The van der Waals surface area contributed by atoms with Crippen molar-refractivity contribution in [1.29, 1.82) is 0 Å². The number of methoxy groups -OCH3 is 1. The number of carboxylic acid groups (broad SMARTS) is 1. The standard InChI is InChI=1S/C15H16N2O3/c1-9(2)10-4-5-13(20-3)11(6-10)14-12(15(18)19)7-16-8-17-14/h4-9H,1-3H3,(H,18,19). The Morgan fingerprint density at radius 3 is 2.70 bits per heavy atom. The highest BCUT2D eigenvalue weighted by Gasteiger charge is 2.17. The Kier molecular flexibility index (Phi) is 3.98. The third-order valence-corrected chi connectivity index (χ3v) is 3.09. The van der Waals surface area contributed by atoms with E-state index >= 15 is 0 Å². The van der Waals surface area contributed by atoms with E-state index in [1.54, 1.807) is 7.11 Å². The first kappa shape index (κ1) is 14.0. The first-order chi connectivity index (χ1) is 9.54. The van der Waals surface area contributed by atoms with Crippen molar-refractivity contribution in [3.05, 3.63) is 41.9 Å². The molecule has 0 fully saturated rings. The van der Waals surface area contributed by atoms with Gasteiger partial charge in [0.15, 0.2) is 0 Å². The molecule has 0 bridgehead atoms. The second kappa shape index (κ2) is 5.69. The van der Waals surface area contributed by atoms with Gasteiger partial charge in [-0.2, -0.15) is 0 Å². The summed E-state index contributed by atoms with van der Waals surface area (Å²) in [6.07, 6.45) is 2.63. The van der Waals surface area contributed by atoms with Gasteiger partial charge in [-0.3, -0.25) is 0 Å². The predicted molar refractivity (Wildman–Crippen MR) is 75.1 cm³/mol. The maximum atomic E-state index is 11.3. The van der Waals surface area contributed by atoms with Crippen molar-refractivity contribution in [2.45, 2.75) is 19.8 Å². The van der Waals surface area contributed by atoms with Crippen LogP contribution in [0.4, 0.5) is 0 Å². The summed E-state index contributed by atoms with van der Waals surface area (Å²) >= 11 is 0. The van der Waals surface area contributed by atoms with E-state index in [2.05, 4.69) is 23.8 Å². The van der Waals surface area contributed by atoms with Crippen LogP contribution in [0.2, 0.25) is 0 Å². The van der Waals surface area contributed by atoms with E-state index in [9.17, 15) is 9.90 Å². The Morgan fingerprint density at radius 2 is 2.10 bits per heavy atom. The molecule has 0 atom stereocenters. The molecule has 0 aliphatic heterocycles. The molecular formula is C15H16N2O3. The van der Waals surface area contributed by atoms with E-state index in [0.29, 0.717) is 22.9 Å². The average Bonchev–Trinajstić information content (AvgIpc) is 2.46. The van der Waals surface area contributed by atoms with Gasteiger partial charge in [-0.15, -0.1) is 0 Å². The quantitative estimate of drug-likeness (QED) is 0.926. The summed E-state index contributed by atoms with van der Waals surface area (Å²) in [6.45, 7) is 4.15. The first-order valence-corrected chi connectivity index (χ1v) is 6.26. The molecule has 1 aromatic carbocycles. The van der Waals surface area contributed by atoms with Gasteiger partial charge in [0.05, 0.1) is 12.8 Å².